The maximum Gasteiger partial charge on any atom is 0.119 e. The summed E-state index contributed by atoms with van der Waals surface area (Å²) in [6.07, 6.45) is -0.319. The quantitative estimate of drug-likeness (QED) is 0.664. The lowest BCUT2D eigenvalue weighted by Gasteiger charge is -2.32. The average molecular weight is 376 g/mol. The van der Waals surface area contributed by atoms with E-state index in [1.54, 1.807) is 49.4 Å². The molecule has 0 bridgehead atoms. The van der Waals surface area contributed by atoms with Crippen LogP contribution in [-0.2, 0) is 0 Å². The van der Waals surface area contributed by atoms with Gasteiger partial charge in [-0.15, -0.1) is 12.4 Å². The topological polar surface area (TPSA) is 23.5 Å². The Morgan fingerprint density at radius 3 is 2.28 bits per heavy atom. The number of phenolic OH excluding ortho intramolecular Hbond substituents is 1. The maximum absolute atomic E-state index is 10.6. The molecule has 0 aromatic heterocycles. The molecule has 1 N–H and O–H groups in total. The van der Waals surface area contributed by atoms with Crippen molar-refractivity contribution >= 4 is 12.4 Å². The highest BCUT2D eigenvalue weighted by Crippen LogP contribution is 2.35. The molecule has 0 saturated carbocycles. The van der Waals surface area contributed by atoms with Crippen LogP contribution in [0.2, 0.25) is 0 Å². The molecule has 0 fully saturated rings. The standard InChI is InChI=1S/C22H31NO.ClH/c1-16(2)23(17(3)4)14-13-20(19-9-7-6-8-10-19)21-15-18(5)11-12-22(21)24;/h6-12,15-17,20,24H,13-14H2,1-5H3;1H/i1D3,2D3,3D3,4D3,16D,17D;. The van der Waals surface area contributed by atoms with Crippen molar-refractivity contribution in [1.29, 1.82) is 0 Å². The molecule has 25 heavy (non-hydrogen) atoms. The number of phenols is 1. The number of aryl methyl sites for hydroxylation is 1. The molecule has 0 saturated heterocycles. The second kappa shape index (κ2) is 9.84. The summed E-state index contributed by atoms with van der Waals surface area (Å²) in [5, 5.41) is 10.6. The minimum Gasteiger partial charge on any atom is -0.508 e. The SMILES string of the molecule is Cl.[2H]C([2H])([2H])C([2H])(N(CCC(c1ccccc1)c1cc(C)ccc1O)C([2H])(C([2H])([2H])[2H])C([2H])([2H])[2H])C([2H])([2H])[2H]. The maximum atomic E-state index is 10.6. The van der Waals surface area contributed by atoms with Gasteiger partial charge in [0.05, 0.1) is 0 Å². The molecule has 1 atom stereocenters. The smallest absolute Gasteiger partial charge is 0.119 e. The van der Waals surface area contributed by atoms with E-state index in [1.807, 2.05) is 0 Å². The molecule has 2 aromatic carbocycles. The Kier molecular flexibility index (Phi) is 3.33. The fourth-order valence-corrected chi connectivity index (χ4v) is 2.73. The summed E-state index contributed by atoms with van der Waals surface area (Å²) < 4.78 is 112. The van der Waals surface area contributed by atoms with E-state index in [2.05, 4.69) is 0 Å². The summed E-state index contributed by atoms with van der Waals surface area (Å²) in [7, 11) is 0. The molecule has 0 spiro atoms. The third-order valence-corrected chi connectivity index (χ3v) is 3.94. The van der Waals surface area contributed by atoms with Crippen LogP contribution in [0.15, 0.2) is 48.5 Å². The van der Waals surface area contributed by atoms with E-state index in [9.17, 15) is 5.11 Å². The van der Waals surface area contributed by atoms with Gasteiger partial charge in [-0.25, -0.2) is 0 Å². The van der Waals surface area contributed by atoms with Gasteiger partial charge in [-0.3, -0.25) is 4.90 Å². The molecule has 0 amide bonds. The van der Waals surface area contributed by atoms with Crippen molar-refractivity contribution in [2.24, 2.45) is 0 Å². The normalized spacial score (nSPS) is 23.6. The lowest BCUT2D eigenvalue weighted by Crippen LogP contribution is -2.38. The van der Waals surface area contributed by atoms with E-state index >= 15 is 0 Å². The third-order valence-electron chi connectivity index (χ3n) is 3.94. The molecule has 138 valence electrons. The van der Waals surface area contributed by atoms with Gasteiger partial charge in [0, 0.05) is 42.7 Å². The summed E-state index contributed by atoms with van der Waals surface area (Å²) in [6, 6.07) is 5.61. The van der Waals surface area contributed by atoms with Gasteiger partial charge in [0.1, 0.15) is 5.75 Å². The predicted octanol–water partition coefficient (Wildman–Crippen LogP) is 5.76. The fraction of sp³-hybridized carbons (Fsp3) is 0.455. The third kappa shape index (κ3) is 5.76. The molecule has 2 aromatic rings. The zero-order chi connectivity index (χ0) is 29.5. The molecule has 0 heterocycles. The summed E-state index contributed by atoms with van der Waals surface area (Å²) in [4.78, 5) is -0.0250. The highest BCUT2D eigenvalue weighted by molar-refractivity contribution is 5.85. The van der Waals surface area contributed by atoms with E-state index in [4.69, 9.17) is 19.2 Å². The zero-order valence-electron chi connectivity index (χ0n) is 27.9. The highest BCUT2D eigenvalue weighted by Gasteiger charge is 2.21. The van der Waals surface area contributed by atoms with Gasteiger partial charge in [-0.1, -0.05) is 48.0 Å². The summed E-state index contributed by atoms with van der Waals surface area (Å²) in [6.45, 7) is -14.1. The van der Waals surface area contributed by atoms with E-state index in [0.717, 1.165) is 5.56 Å². The Hall–Kier alpha value is -1.51. The highest BCUT2D eigenvalue weighted by atomic mass is 35.5. The molecule has 0 aliphatic carbocycles. The summed E-state index contributed by atoms with van der Waals surface area (Å²) in [5.74, 6) is -0.947. The van der Waals surface area contributed by atoms with Gasteiger partial charge in [0.25, 0.3) is 0 Å². The van der Waals surface area contributed by atoms with Crippen molar-refractivity contribution in [3.63, 3.8) is 0 Å². The molecule has 0 aliphatic heterocycles. The van der Waals surface area contributed by atoms with Crippen molar-refractivity contribution in [2.45, 2.75) is 58.7 Å². The van der Waals surface area contributed by atoms with Gasteiger partial charge in [0.15, 0.2) is 0 Å². The molecule has 0 aliphatic rings. The number of rotatable bonds is 7. The first-order chi connectivity index (χ1) is 17.0. The Labute approximate surface area is 179 Å². The average Bonchev–Trinajstić information content (AvgIpc) is 2.75. The molecule has 0 radical (unpaired) electrons. The van der Waals surface area contributed by atoms with E-state index in [-0.39, 0.29) is 29.5 Å². The second-order valence-corrected chi connectivity index (χ2v) is 5.66. The number of nitrogens with zero attached hydrogens (tertiary/aromatic N) is 1. The van der Waals surface area contributed by atoms with Crippen LogP contribution in [0.5, 0.6) is 5.75 Å². The van der Waals surface area contributed by atoms with E-state index in [0.29, 0.717) is 11.1 Å². The molecule has 2 nitrogen and oxygen atoms in total. The van der Waals surface area contributed by atoms with Crippen LogP contribution in [0.3, 0.4) is 0 Å². The lowest BCUT2D eigenvalue weighted by molar-refractivity contribution is 0.170. The second-order valence-electron chi connectivity index (χ2n) is 5.66. The van der Waals surface area contributed by atoms with Crippen LogP contribution in [-0.4, -0.2) is 28.6 Å². The van der Waals surface area contributed by atoms with Gasteiger partial charge >= 0.3 is 0 Å². The van der Waals surface area contributed by atoms with Gasteiger partial charge in [-0.05, 0) is 58.9 Å². The Morgan fingerprint density at radius 1 is 1.04 bits per heavy atom. The zero-order valence-corrected chi connectivity index (χ0v) is 14.7. The summed E-state index contributed by atoms with van der Waals surface area (Å²) >= 11 is 0. The monoisotopic (exact) mass is 375 g/mol. The number of benzene rings is 2. The van der Waals surface area contributed by atoms with Crippen molar-refractivity contribution < 1.29 is 24.3 Å². The first kappa shape index (κ1) is 8.45. The van der Waals surface area contributed by atoms with Gasteiger partial charge in [0.2, 0.25) is 0 Å². The van der Waals surface area contributed by atoms with Crippen LogP contribution >= 0.6 is 12.4 Å². The number of aromatic hydroxyl groups is 1. The Morgan fingerprint density at radius 2 is 1.68 bits per heavy atom. The molecular weight excluding hydrogens is 330 g/mol. The Balaban J connectivity index is 0.00000760. The number of hydrogen-bond donors (Lipinski definition) is 1. The van der Waals surface area contributed by atoms with Gasteiger partial charge < -0.3 is 5.11 Å². The molecule has 1 unspecified atom stereocenters. The van der Waals surface area contributed by atoms with Crippen LogP contribution in [0.4, 0.5) is 0 Å². The first-order valence-corrected chi connectivity index (χ1v) is 7.62. The Bertz CT molecular complexity index is 1030. The van der Waals surface area contributed by atoms with Crippen molar-refractivity contribution in [3.8, 4) is 5.75 Å². The van der Waals surface area contributed by atoms with E-state index < -0.39 is 51.9 Å². The number of halogens is 1. The van der Waals surface area contributed by atoms with Gasteiger partial charge in [-0.2, -0.15) is 0 Å². The first-order valence-electron chi connectivity index (χ1n) is 14.6. The molecule has 2 rings (SSSR count). The molecular formula is C22H32ClNO. The van der Waals surface area contributed by atoms with Crippen LogP contribution in [0.25, 0.3) is 0 Å². The largest absolute Gasteiger partial charge is 0.508 e. The van der Waals surface area contributed by atoms with Crippen LogP contribution in [0.1, 0.15) is 75.6 Å². The van der Waals surface area contributed by atoms with Crippen molar-refractivity contribution in [1.82, 2.24) is 4.90 Å². The minimum atomic E-state index is -3.78. The fourth-order valence-electron chi connectivity index (χ4n) is 2.73. The van der Waals surface area contributed by atoms with Crippen LogP contribution < -0.4 is 0 Å². The lowest BCUT2D eigenvalue weighted by atomic mass is 9.87. The van der Waals surface area contributed by atoms with Crippen LogP contribution in [0, 0.1) is 6.92 Å². The van der Waals surface area contributed by atoms with E-state index in [1.165, 1.54) is 6.07 Å². The van der Waals surface area contributed by atoms with Crippen molar-refractivity contribution in [3.05, 3.63) is 65.2 Å². The molecule has 3 heteroatoms. The van der Waals surface area contributed by atoms with Crippen molar-refractivity contribution in [2.75, 3.05) is 6.54 Å². The minimum absolute atomic E-state index is 0. The predicted molar refractivity (Wildman–Crippen MR) is 110 cm³/mol. The number of hydrogen-bond acceptors (Lipinski definition) is 2. The summed E-state index contributed by atoms with van der Waals surface area (Å²) in [5.41, 5.74) is 1.66.